The summed E-state index contributed by atoms with van der Waals surface area (Å²) in [7, 11) is 0. The predicted octanol–water partition coefficient (Wildman–Crippen LogP) is 3.57. The molecule has 0 saturated heterocycles. The summed E-state index contributed by atoms with van der Waals surface area (Å²) in [6.07, 6.45) is -0.865. The van der Waals surface area contributed by atoms with Crippen molar-refractivity contribution in [3.63, 3.8) is 0 Å². The molecule has 2 aromatic heterocycles. The van der Waals surface area contributed by atoms with Crippen LogP contribution in [0.2, 0.25) is 5.02 Å². The zero-order chi connectivity index (χ0) is 14.3. The third kappa shape index (κ3) is 2.28. The van der Waals surface area contributed by atoms with E-state index in [1.807, 2.05) is 19.9 Å². The van der Waals surface area contributed by atoms with E-state index in [1.54, 1.807) is 24.3 Å². The lowest BCUT2D eigenvalue weighted by atomic mass is 10.1. The zero-order valence-corrected chi connectivity index (χ0v) is 11.8. The molecule has 0 spiro atoms. The Balaban J connectivity index is 2.07. The molecule has 1 N–H and O–H groups in total. The van der Waals surface area contributed by atoms with Crippen molar-refractivity contribution in [2.24, 2.45) is 0 Å². The molecular weight excluding hydrogens is 276 g/mol. The highest BCUT2D eigenvalue weighted by Gasteiger charge is 2.19. The molecule has 20 heavy (non-hydrogen) atoms. The van der Waals surface area contributed by atoms with Gasteiger partial charge in [-0.2, -0.15) is 10.2 Å². The molecule has 0 radical (unpaired) electrons. The minimum absolute atomic E-state index is 0.470. The first-order valence-corrected chi connectivity index (χ1v) is 6.60. The average molecular weight is 289 g/mol. The van der Waals surface area contributed by atoms with Gasteiger partial charge in [0, 0.05) is 16.0 Å². The molecule has 5 heteroatoms. The summed E-state index contributed by atoms with van der Waals surface area (Å²) in [5, 5.41) is 20.0. The fourth-order valence-corrected chi connectivity index (χ4v) is 2.35. The Kier molecular flexibility index (Phi) is 3.20. The molecule has 1 atom stereocenters. The number of aromatic nitrogens is 2. The molecule has 4 nitrogen and oxygen atoms in total. The van der Waals surface area contributed by atoms with Gasteiger partial charge in [-0.05, 0) is 44.2 Å². The van der Waals surface area contributed by atoms with Gasteiger partial charge in [0.1, 0.15) is 17.4 Å². The molecule has 0 fully saturated rings. The van der Waals surface area contributed by atoms with Crippen molar-refractivity contribution >= 4 is 22.6 Å². The summed E-state index contributed by atoms with van der Waals surface area (Å²) in [5.74, 6) is 0.470. The molecule has 3 rings (SSSR count). The van der Waals surface area contributed by atoms with Crippen molar-refractivity contribution in [3.8, 4) is 0 Å². The summed E-state index contributed by atoms with van der Waals surface area (Å²) in [6, 6.07) is 8.96. The molecule has 0 amide bonds. The number of halogens is 1. The summed E-state index contributed by atoms with van der Waals surface area (Å²) in [6.45, 7) is 3.64. The number of benzene rings is 1. The molecule has 0 aliphatic carbocycles. The van der Waals surface area contributed by atoms with E-state index in [4.69, 9.17) is 16.0 Å². The Morgan fingerprint density at radius 2 is 1.95 bits per heavy atom. The highest BCUT2D eigenvalue weighted by Crippen LogP contribution is 2.30. The third-order valence-electron chi connectivity index (χ3n) is 3.20. The first-order valence-electron chi connectivity index (χ1n) is 6.22. The Bertz CT molecular complexity index is 783. The molecule has 102 valence electrons. The van der Waals surface area contributed by atoms with Crippen molar-refractivity contribution < 1.29 is 9.52 Å². The topological polar surface area (TPSA) is 59.2 Å². The number of fused-ring (bicyclic) bond motifs is 1. The predicted molar refractivity (Wildman–Crippen MR) is 76.8 cm³/mol. The average Bonchev–Trinajstić information content (AvgIpc) is 2.83. The lowest BCUT2D eigenvalue weighted by molar-refractivity contribution is 0.190. The standard InChI is InChI=1S/C15H13ClN2O2/c1-8-5-12(9(2)18-17-8)15(19)14-7-10-6-11(16)3-4-13(10)20-14/h3-7,15,19H,1-2H3. The molecule has 0 aliphatic rings. The minimum atomic E-state index is -0.865. The molecule has 2 heterocycles. The fraction of sp³-hybridized carbons (Fsp3) is 0.200. The van der Waals surface area contributed by atoms with Gasteiger partial charge in [0.15, 0.2) is 0 Å². The van der Waals surface area contributed by atoms with Crippen LogP contribution in [0.3, 0.4) is 0 Å². The van der Waals surface area contributed by atoms with E-state index in [9.17, 15) is 5.11 Å². The van der Waals surface area contributed by atoms with Crippen LogP contribution < -0.4 is 0 Å². The van der Waals surface area contributed by atoms with Crippen LogP contribution in [0, 0.1) is 13.8 Å². The number of hydrogen-bond acceptors (Lipinski definition) is 4. The molecular formula is C15H13ClN2O2. The Labute approximate surface area is 121 Å². The van der Waals surface area contributed by atoms with Crippen molar-refractivity contribution in [1.29, 1.82) is 0 Å². The molecule has 1 unspecified atom stereocenters. The van der Waals surface area contributed by atoms with Gasteiger partial charge in [-0.1, -0.05) is 11.6 Å². The van der Waals surface area contributed by atoms with Crippen molar-refractivity contribution in [2.45, 2.75) is 20.0 Å². The maximum Gasteiger partial charge on any atom is 0.139 e. The van der Waals surface area contributed by atoms with E-state index in [1.165, 1.54) is 0 Å². The van der Waals surface area contributed by atoms with E-state index in [0.717, 1.165) is 11.1 Å². The summed E-state index contributed by atoms with van der Waals surface area (Å²) < 4.78 is 5.68. The maximum absolute atomic E-state index is 10.5. The Morgan fingerprint density at radius 3 is 2.75 bits per heavy atom. The number of rotatable bonds is 2. The van der Waals surface area contributed by atoms with Crippen LogP contribution >= 0.6 is 11.6 Å². The molecule has 1 aromatic carbocycles. The van der Waals surface area contributed by atoms with Gasteiger partial charge in [0.2, 0.25) is 0 Å². The fourth-order valence-electron chi connectivity index (χ4n) is 2.17. The number of nitrogens with zero attached hydrogens (tertiary/aromatic N) is 2. The van der Waals surface area contributed by atoms with Crippen LogP contribution in [0.5, 0.6) is 0 Å². The van der Waals surface area contributed by atoms with Gasteiger partial charge in [-0.15, -0.1) is 0 Å². The summed E-state index contributed by atoms with van der Waals surface area (Å²) in [4.78, 5) is 0. The summed E-state index contributed by atoms with van der Waals surface area (Å²) in [5.41, 5.74) is 2.83. The molecule has 0 aliphatic heterocycles. The monoisotopic (exact) mass is 288 g/mol. The highest BCUT2D eigenvalue weighted by atomic mass is 35.5. The van der Waals surface area contributed by atoms with Crippen LogP contribution in [-0.4, -0.2) is 15.3 Å². The van der Waals surface area contributed by atoms with Crippen molar-refractivity contribution in [3.05, 3.63) is 58.1 Å². The van der Waals surface area contributed by atoms with Gasteiger partial charge < -0.3 is 9.52 Å². The second kappa shape index (κ2) is 4.89. The number of furan rings is 1. The van der Waals surface area contributed by atoms with Gasteiger partial charge in [-0.3, -0.25) is 0 Å². The number of aliphatic hydroxyl groups is 1. The largest absolute Gasteiger partial charge is 0.458 e. The van der Waals surface area contributed by atoms with Crippen LogP contribution in [0.1, 0.15) is 28.8 Å². The van der Waals surface area contributed by atoms with E-state index < -0.39 is 6.10 Å². The van der Waals surface area contributed by atoms with Crippen LogP contribution in [-0.2, 0) is 0 Å². The maximum atomic E-state index is 10.5. The Hall–Kier alpha value is -1.91. The van der Waals surface area contributed by atoms with Gasteiger partial charge >= 0.3 is 0 Å². The zero-order valence-electron chi connectivity index (χ0n) is 11.1. The number of aliphatic hydroxyl groups excluding tert-OH is 1. The lowest BCUT2D eigenvalue weighted by Gasteiger charge is -2.10. The minimum Gasteiger partial charge on any atom is -0.458 e. The van der Waals surface area contributed by atoms with Gasteiger partial charge in [-0.25, -0.2) is 0 Å². The van der Waals surface area contributed by atoms with E-state index in [-0.39, 0.29) is 0 Å². The lowest BCUT2D eigenvalue weighted by Crippen LogP contribution is -2.04. The van der Waals surface area contributed by atoms with E-state index >= 15 is 0 Å². The summed E-state index contributed by atoms with van der Waals surface area (Å²) >= 11 is 5.95. The Morgan fingerprint density at radius 1 is 1.15 bits per heavy atom. The van der Waals surface area contributed by atoms with Gasteiger partial charge in [0.25, 0.3) is 0 Å². The second-order valence-electron chi connectivity index (χ2n) is 4.76. The quantitative estimate of drug-likeness (QED) is 0.783. The van der Waals surface area contributed by atoms with Crippen LogP contribution in [0.25, 0.3) is 11.0 Å². The van der Waals surface area contributed by atoms with E-state index in [2.05, 4.69) is 10.2 Å². The van der Waals surface area contributed by atoms with Crippen LogP contribution in [0.4, 0.5) is 0 Å². The normalized spacial score (nSPS) is 12.8. The third-order valence-corrected chi connectivity index (χ3v) is 3.44. The van der Waals surface area contributed by atoms with Gasteiger partial charge in [0.05, 0.1) is 11.4 Å². The van der Waals surface area contributed by atoms with Crippen LogP contribution in [0.15, 0.2) is 34.7 Å². The molecule has 0 saturated carbocycles. The van der Waals surface area contributed by atoms with Crippen molar-refractivity contribution in [1.82, 2.24) is 10.2 Å². The highest BCUT2D eigenvalue weighted by molar-refractivity contribution is 6.31. The second-order valence-corrected chi connectivity index (χ2v) is 5.20. The van der Waals surface area contributed by atoms with E-state index in [0.29, 0.717) is 27.6 Å². The first-order chi connectivity index (χ1) is 9.54. The SMILES string of the molecule is Cc1cc(C(O)c2cc3cc(Cl)ccc3o2)c(C)nn1. The smallest absolute Gasteiger partial charge is 0.139 e. The first kappa shape index (κ1) is 13.1. The van der Waals surface area contributed by atoms with Crippen molar-refractivity contribution in [2.75, 3.05) is 0 Å². The molecule has 3 aromatic rings. The molecule has 0 bridgehead atoms. The number of hydrogen-bond donors (Lipinski definition) is 1. The number of aryl methyl sites for hydroxylation is 2.